The van der Waals surface area contributed by atoms with Crippen LogP contribution in [0, 0.1) is 20.8 Å². The van der Waals surface area contributed by atoms with Crippen LogP contribution in [0.1, 0.15) is 22.5 Å². The Morgan fingerprint density at radius 3 is 2.77 bits per heavy atom. The van der Waals surface area contributed by atoms with Crippen molar-refractivity contribution in [2.75, 3.05) is 11.1 Å². The molecule has 0 spiro atoms. The van der Waals surface area contributed by atoms with Crippen molar-refractivity contribution in [2.24, 2.45) is 0 Å². The molecule has 3 rings (SSSR count). The maximum atomic E-state index is 12.5. The van der Waals surface area contributed by atoms with Crippen LogP contribution in [-0.4, -0.2) is 26.4 Å². The first-order chi connectivity index (χ1) is 14.9. The number of hydrogen-bond donors (Lipinski definition) is 1. The summed E-state index contributed by atoms with van der Waals surface area (Å²) in [5.41, 5.74) is 3.97. The number of nitrogens with zero attached hydrogens (tertiary/aromatic N) is 3. The van der Waals surface area contributed by atoms with Gasteiger partial charge < -0.3 is 10.1 Å². The van der Waals surface area contributed by atoms with Crippen molar-refractivity contribution < 1.29 is 9.53 Å². The van der Waals surface area contributed by atoms with Gasteiger partial charge in [0.2, 0.25) is 5.91 Å². The van der Waals surface area contributed by atoms with Gasteiger partial charge in [-0.05, 0) is 61.7 Å². The highest BCUT2D eigenvalue weighted by molar-refractivity contribution is 7.99. The Labute approximate surface area is 191 Å². The first-order valence-electron chi connectivity index (χ1n) is 9.80. The van der Waals surface area contributed by atoms with Gasteiger partial charge in [-0.1, -0.05) is 41.6 Å². The molecule has 8 heteroatoms. The van der Waals surface area contributed by atoms with Crippen molar-refractivity contribution in [3.63, 3.8) is 0 Å². The molecule has 3 aromatic rings. The third kappa shape index (κ3) is 5.89. The van der Waals surface area contributed by atoms with E-state index in [1.165, 1.54) is 11.8 Å². The van der Waals surface area contributed by atoms with E-state index in [9.17, 15) is 4.79 Å². The average molecular weight is 457 g/mol. The van der Waals surface area contributed by atoms with Crippen molar-refractivity contribution in [1.82, 2.24) is 14.8 Å². The minimum atomic E-state index is -0.0960. The quantitative estimate of drug-likeness (QED) is 0.347. The number of rotatable bonds is 9. The highest BCUT2D eigenvalue weighted by Crippen LogP contribution is 2.23. The fourth-order valence-electron chi connectivity index (χ4n) is 2.90. The second kappa shape index (κ2) is 10.5. The van der Waals surface area contributed by atoms with Crippen LogP contribution in [0.25, 0.3) is 0 Å². The number of nitrogens with one attached hydrogen (secondary N) is 1. The van der Waals surface area contributed by atoms with Gasteiger partial charge in [0.15, 0.2) is 11.0 Å². The predicted molar refractivity (Wildman–Crippen MR) is 126 cm³/mol. The van der Waals surface area contributed by atoms with Crippen molar-refractivity contribution in [1.29, 1.82) is 0 Å². The Kier molecular flexibility index (Phi) is 7.76. The van der Waals surface area contributed by atoms with Gasteiger partial charge in [0.05, 0.1) is 5.75 Å². The molecule has 0 radical (unpaired) electrons. The van der Waals surface area contributed by atoms with E-state index in [-0.39, 0.29) is 18.3 Å². The molecule has 0 unspecified atom stereocenters. The number of halogens is 1. The topological polar surface area (TPSA) is 69.0 Å². The van der Waals surface area contributed by atoms with E-state index in [1.54, 1.807) is 12.1 Å². The Morgan fingerprint density at radius 1 is 1.23 bits per heavy atom. The normalized spacial score (nSPS) is 10.7. The first-order valence-corrected chi connectivity index (χ1v) is 11.2. The Hall–Kier alpha value is -2.77. The number of thioether (sulfide) groups is 1. The zero-order valence-corrected chi connectivity index (χ0v) is 19.4. The molecule has 1 N–H and O–H groups in total. The molecule has 1 aromatic heterocycles. The zero-order valence-electron chi connectivity index (χ0n) is 17.8. The summed E-state index contributed by atoms with van der Waals surface area (Å²) < 4.78 is 7.75. The van der Waals surface area contributed by atoms with E-state index in [0.29, 0.717) is 28.3 Å². The monoisotopic (exact) mass is 456 g/mol. The Morgan fingerprint density at radius 2 is 2.03 bits per heavy atom. The summed E-state index contributed by atoms with van der Waals surface area (Å²) in [5.74, 6) is 1.49. The molecule has 1 heterocycles. The smallest absolute Gasteiger partial charge is 0.234 e. The number of ether oxygens (including phenoxy) is 1. The van der Waals surface area contributed by atoms with Gasteiger partial charge in [0, 0.05) is 17.3 Å². The lowest BCUT2D eigenvalue weighted by Crippen LogP contribution is -2.16. The number of hydrogen-bond acceptors (Lipinski definition) is 5. The summed E-state index contributed by atoms with van der Waals surface area (Å²) in [6.45, 7) is 10.5. The summed E-state index contributed by atoms with van der Waals surface area (Å²) in [5, 5.41) is 12.8. The molecule has 2 aromatic carbocycles. The van der Waals surface area contributed by atoms with Crippen molar-refractivity contribution in [3.8, 4) is 5.75 Å². The third-order valence-corrected chi connectivity index (χ3v) is 6.20. The van der Waals surface area contributed by atoms with E-state index in [1.807, 2.05) is 55.7 Å². The van der Waals surface area contributed by atoms with Gasteiger partial charge in [-0.3, -0.25) is 9.36 Å². The van der Waals surface area contributed by atoms with E-state index in [0.717, 1.165) is 22.4 Å². The summed E-state index contributed by atoms with van der Waals surface area (Å²) in [7, 11) is 0. The molecule has 6 nitrogen and oxygen atoms in total. The molecule has 0 aliphatic rings. The molecule has 0 saturated carbocycles. The first kappa shape index (κ1) is 22.9. The van der Waals surface area contributed by atoms with E-state index < -0.39 is 0 Å². The second-order valence-corrected chi connectivity index (χ2v) is 8.43. The van der Waals surface area contributed by atoms with Crippen LogP contribution in [0.2, 0.25) is 5.02 Å². The van der Waals surface area contributed by atoms with Crippen molar-refractivity contribution >= 4 is 35.0 Å². The summed E-state index contributed by atoms with van der Waals surface area (Å²) >= 11 is 7.39. The molecular formula is C23H25ClN4O2S. The number of carbonyl (C=O) groups is 1. The van der Waals surface area contributed by atoms with Gasteiger partial charge in [0.25, 0.3) is 0 Å². The number of amides is 1. The van der Waals surface area contributed by atoms with Gasteiger partial charge >= 0.3 is 0 Å². The fraction of sp³-hybridized carbons (Fsp3) is 0.261. The number of carbonyl (C=O) groups excluding carboxylic acids is 1. The summed E-state index contributed by atoms with van der Waals surface area (Å²) in [6.07, 6.45) is 1.76. The van der Waals surface area contributed by atoms with E-state index >= 15 is 0 Å². The maximum Gasteiger partial charge on any atom is 0.234 e. The van der Waals surface area contributed by atoms with Gasteiger partial charge in [-0.15, -0.1) is 16.8 Å². The number of aromatic nitrogens is 3. The largest absolute Gasteiger partial charge is 0.486 e. The lowest BCUT2D eigenvalue weighted by Gasteiger charge is -2.11. The number of aryl methyl sites for hydroxylation is 2. The summed E-state index contributed by atoms with van der Waals surface area (Å²) in [6, 6.07) is 11.4. The number of allylic oxidation sites excluding steroid dienone is 1. The molecule has 0 bridgehead atoms. The molecule has 1 amide bonds. The highest BCUT2D eigenvalue weighted by Gasteiger charge is 2.15. The van der Waals surface area contributed by atoms with Crippen LogP contribution < -0.4 is 10.1 Å². The highest BCUT2D eigenvalue weighted by atomic mass is 35.5. The van der Waals surface area contributed by atoms with Crippen LogP contribution in [0.5, 0.6) is 5.75 Å². The predicted octanol–water partition coefficient (Wildman–Crippen LogP) is 5.35. The lowest BCUT2D eigenvalue weighted by molar-refractivity contribution is -0.113. The Balaban J connectivity index is 1.64. The van der Waals surface area contributed by atoms with Gasteiger partial charge in [0.1, 0.15) is 12.4 Å². The fourth-order valence-corrected chi connectivity index (χ4v) is 3.79. The van der Waals surface area contributed by atoms with Crippen molar-refractivity contribution in [3.05, 3.63) is 76.6 Å². The van der Waals surface area contributed by atoms with Crippen LogP contribution >= 0.6 is 23.4 Å². The Bertz CT molecular complexity index is 1100. The minimum absolute atomic E-state index is 0.0960. The molecular weight excluding hydrogens is 432 g/mol. The van der Waals surface area contributed by atoms with Crippen LogP contribution in [0.15, 0.2) is 54.2 Å². The standard InChI is InChI=1S/C23H25ClN4O2S/c1-5-11-28-21(13-30-18-9-10-19(24)16(3)12-18)26-27-23(28)31-14-22(29)25-20-8-6-7-15(2)17(20)4/h5-10,12H,1,11,13-14H2,2-4H3,(H,25,29). The van der Waals surface area contributed by atoms with Crippen molar-refractivity contribution in [2.45, 2.75) is 39.1 Å². The van der Waals surface area contributed by atoms with Gasteiger partial charge in [-0.2, -0.15) is 0 Å². The minimum Gasteiger partial charge on any atom is -0.486 e. The molecule has 0 saturated heterocycles. The van der Waals surface area contributed by atoms with Crippen LogP contribution in [0.4, 0.5) is 5.69 Å². The van der Waals surface area contributed by atoms with Gasteiger partial charge in [-0.25, -0.2) is 0 Å². The molecule has 0 fully saturated rings. The average Bonchev–Trinajstić information content (AvgIpc) is 3.13. The zero-order chi connectivity index (χ0) is 22.4. The van der Waals surface area contributed by atoms with Crippen LogP contribution in [-0.2, 0) is 17.9 Å². The molecule has 31 heavy (non-hydrogen) atoms. The molecule has 162 valence electrons. The number of benzene rings is 2. The molecule has 0 atom stereocenters. The second-order valence-electron chi connectivity index (χ2n) is 7.08. The van der Waals surface area contributed by atoms with Crippen LogP contribution in [0.3, 0.4) is 0 Å². The number of anilines is 1. The third-order valence-electron chi connectivity index (χ3n) is 4.81. The van der Waals surface area contributed by atoms with E-state index in [4.69, 9.17) is 16.3 Å². The SMILES string of the molecule is C=CCn1c(COc2ccc(Cl)c(C)c2)nnc1SCC(=O)Nc1cccc(C)c1C. The lowest BCUT2D eigenvalue weighted by atomic mass is 10.1. The van der Waals surface area contributed by atoms with E-state index in [2.05, 4.69) is 22.1 Å². The molecule has 0 aliphatic heterocycles. The summed E-state index contributed by atoms with van der Waals surface area (Å²) in [4.78, 5) is 12.5. The molecule has 0 aliphatic carbocycles. The maximum absolute atomic E-state index is 12.5.